The predicted octanol–water partition coefficient (Wildman–Crippen LogP) is 15.2. The Morgan fingerprint density at radius 3 is 0.983 bits per heavy atom. The molecule has 0 radical (unpaired) electrons. The van der Waals surface area contributed by atoms with Crippen LogP contribution in [0.5, 0.6) is 0 Å². The minimum atomic E-state index is -1.32. The molecule has 0 N–H and O–H groups in total. The van der Waals surface area contributed by atoms with E-state index in [0.29, 0.717) is 0 Å². The maximum atomic E-state index is 6.59. The molecule has 2 atom stereocenters. The Hall–Kier alpha value is -6.26. The molecule has 0 fully saturated rings. The van der Waals surface area contributed by atoms with Gasteiger partial charge in [-0.15, -0.1) is 0 Å². The summed E-state index contributed by atoms with van der Waals surface area (Å²) in [7, 11) is 5.35. The van der Waals surface area contributed by atoms with Crippen LogP contribution in [0.4, 0.5) is 0 Å². The number of nitrogens with zero attached hydrogens (tertiary/aromatic N) is 2. The van der Waals surface area contributed by atoms with Crippen molar-refractivity contribution < 1.29 is 16.8 Å². The summed E-state index contributed by atoms with van der Waals surface area (Å²) < 4.78 is 30.3. The molecule has 0 spiro atoms. The van der Waals surface area contributed by atoms with Gasteiger partial charge in [-0.3, -0.25) is 0 Å². The second-order valence-corrected chi connectivity index (χ2v) is 18.5. The molecule has 6 nitrogen and oxygen atoms in total. The Bertz CT molecular complexity index is 3300. The Labute approximate surface area is 336 Å². The molecule has 2 heterocycles. The van der Waals surface area contributed by atoms with Crippen LogP contribution in [0.3, 0.4) is 0 Å². The van der Waals surface area contributed by atoms with Crippen LogP contribution >= 0.6 is 16.3 Å². The molecule has 9 aromatic carbocycles. The fourth-order valence-corrected chi connectivity index (χ4v) is 10.4. The van der Waals surface area contributed by atoms with Crippen LogP contribution < -0.4 is 9.34 Å². The Balaban J connectivity index is 1.02. The first-order valence-electron chi connectivity index (χ1n) is 19.3. The van der Waals surface area contributed by atoms with Gasteiger partial charge in [-0.1, -0.05) is 121 Å². The normalized spacial score (nSPS) is 12.7. The number of rotatable bonds is 4. The van der Waals surface area contributed by atoms with Crippen molar-refractivity contribution in [1.29, 1.82) is 0 Å². The molecule has 282 valence electrons. The van der Waals surface area contributed by atoms with Gasteiger partial charge in [-0.2, -0.15) is 0 Å². The van der Waals surface area contributed by atoms with Gasteiger partial charge in [0.1, 0.15) is 22.3 Å². The lowest BCUT2D eigenvalue weighted by Gasteiger charge is -2.10. The van der Waals surface area contributed by atoms with Crippen molar-refractivity contribution in [2.75, 3.05) is 37.5 Å². The molecular formula is C50H38N2O4P2. The average Bonchev–Trinajstić information content (AvgIpc) is 3.55. The topological polar surface area (TPSA) is 59.0 Å². The van der Waals surface area contributed by atoms with E-state index >= 15 is 0 Å². The van der Waals surface area contributed by atoms with E-state index in [1.165, 1.54) is 10.8 Å². The minimum Gasteiger partial charge on any atom is -0.408 e. The van der Waals surface area contributed by atoms with E-state index in [4.69, 9.17) is 16.8 Å². The second kappa shape index (κ2) is 13.7. The van der Waals surface area contributed by atoms with Gasteiger partial charge in [-0.25, -0.2) is 9.34 Å². The van der Waals surface area contributed by atoms with E-state index in [1.54, 1.807) is 0 Å². The SMILES string of the molecule is CN(C)p1oc2ccc3ccccc3c2c2c(ccc3cc(-c4ccc(-c5ccc6c(ccc7op(N(C)C)oc8ccc9ccccc9c8c76)c5)cc4)ccc32)o1. The molecule has 11 rings (SSSR count). The molecule has 8 heteroatoms. The van der Waals surface area contributed by atoms with Crippen LogP contribution in [0.25, 0.3) is 109 Å². The largest absolute Gasteiger partial charge is 0.408 e. The fourth-order valence-electron chi connectivity index (χ4n) is 8.37. The lowest BCUT2D eigenvalue weighted by molar-refractivity contribution is 0.634. The lowest BCUT2D eigenvalue weighted by Crippen LogP contribution is -2.02. The van der Waals surface area contributed by atoms with Crippen LogP contribution in [0.2, 0.25) is 0 Å². The van der Waals surface area contributed by atoms with Crippen molar-refractivity contribution in [3.63, 3.8) is 0 Å². The summed E-state index contributed by atoms with van der Waals surface area (Å²) >= 11 is 0. The smallest absolute Gasteiger partial charge is 0.309 e. The minimum absolute atomic E-state index is 0.836. The molecule has 11 aromatic rings. The van der Waals surface area contributed by atoms with Crippen LogP contribution in [0.15, 0.2) is 175 Å². The van der Waals surface area contributed by atoms with Gasteiger partial charge >= 0.3 is 16.3 Å². The van der Waals surface area contributed by atoms with Gasteiger partial charge in [0, 0.05) is 49.7 Å². The first kappa shape index (κ1) is 34.9. The zero-order valence-electron chi connectivity index (χ0n) is 32.4. The Morgan fingerprint density at radius 1 is 0.310 bits per heavy atom. The zero-order chi connectivity index (χ0) is 39.1. The first-order chi connectivity index (χ1) is 28.4. The average molecular weight is 793 g/mol. The summed E-state index contributed by atoms with van der Waals surface area (Å²) in [5.74, 6) is 0. The van der Waals surface area contributed by atoms with Crippen LogP contribution in [0, 0.1) is 0 Å². The van der Waals surface area contributed by atoms with Gasteiger partial charge < -0.3 is 16.8 Å². The summed E-state index contributed by atoms with van der Waals surface area (Å²) in [4.78, 5) is 0. The van der Waals surface area contributed by atoms with Gasteiger partial charge in [-0.05, 0) is 102 Å². The van der Waals surface area contributed by atoms with Crippen molar-refractivity contribution in [1.82, 2.24) is 0 Å². The molecule has 0 aliphatic carbocycles. The molecule has 2 aromatic heterocycles. The quantitative estimate of drug-likeness (QED) is 0.177. The molecule has 0 bridgehead atoms. The molecule has 0 aliphatic heterocycles. The van der Waals surface area contributed by atoms with Crippen LogP contribution in [-0.2, 0) is 0 Å². The summed E-state index contributed by atoms with van der Waals surface area (Å²) in [5.41, 5.74) is 7.99. The van der Waals surface area contributed by atoms with Crippen LogP contribution in [0.1, 0.15) is 0 Å². The van der Waals surface area contributed by atoms with E-state index in [9.17, 15) is 0 Å². The van der Waals surface area contributed by atoms with Crippen molar-refractivity contribution in [3.8, 4) is 22.3 Å². The van der Waals surface area contributed by atoms with E-state index in [1.807, 2.05) is 37.5 Å². The third-order valence-corrected chi connectivity index (χ3v) is 13.9. The van der Waals surface area contributed by atoms with Crippen molar-refractivity contribution >= 4 is 103 Å². The first-order valence-corrected chi connectivity index (χ1v) is 21.6. The van der Waals surface area contributed by atoms with E-state index in [0.717, 1.165) is 98.4 Å². The number of hydrogen-bond donors (Lipinski definition) is 0. The number of benzene rings is 9. The maximum absolute atomic E-state index is 6.59. The molecular weight excluding hydrogens is 755 g/mol. The van der Waals surface area contributed by atoms with Crippen molar-refractivity contribution in [2.45, 2.75) is 0 Å². The van der Waals surface area contributed by atoms with E-state index < -0.39 is 16.3 Å². The highest BCUT2D eigenvalue weighted by atomic mass is 31.1. The molecule has 2 unspecified atom stereocenters. The molecule has 0 amide bonds. The molecule has 0 saturated heterocycles. The zero-order valence-corrected chi connectivity index (χ0v) is 34.2. The van der Waals surface area contributed by atoms with Crippen molar-refractivity contribution in [3.05, 3.63) is 158 Å². The van der Waals surface area contributed by atoms with E-state index in [-0.39, 0.29) is 0 Å². The summed E-state index contributed by atoms with van der Waals surface area (Å²) in [6, 6.07) is 56.4. The van der Waals surface area contributed by atoms with E-state index in [2.05, 4.69) is 158 Å². The fraction of sp³-hybridized carbons (Fsp3) is 0.0800. The monoisotopic (exact) mass is 792 g/mol. The summed E-state index contributed by atoms with van der Waals surface area (Å²) in [6.45, 7) is 0. The van der Waals surface area contributed by atoms with Gasteiger partial charge in [0.05, 0.1) is 0 Å². The highest BCUT2D eigenvalue weighted by Gasteiger charge is 2.17. The highest BCUT2D eigenvalue weighted by molar-refractivity contribution is 7.39. The highest BCUT2D eigenvalue weighted by Crippen LogP contribution is 2.44. The Kier molecular flexibility index (Phi) is 8.25. The van der Waals surface area contributed by atoms with Gasteiger partial charge in [0.15, 0.2) is 0 Å². The second-order valence-electron chi connectivity index (χ2n) is 15.2. The predicted molar refractivity (Wildman–Crippen MR) is 247 cm³/mol. The Morgan fingerprint density at radius 2 is 0.621 bits per heavy atom. The van der Waals surface area contributed by atoms with Crippen molar-refractivity contribution in [2.24, 2.45) is 0 Å². The lowest BCUT2D eigenvalue weighted by atomic mass is 9.94. The maximum Gasteiger partial charge on any atom is 0.309 e. The van der Waals surface area contributed by atoms with Gasteiger partial charge in [0.2, 0.25) is 0 Å². The third-order valence-electron chi connectivity index (χ3n) is 11.2. The summed E-state index contributed by atoms with van der Waals surface area (Å²) in [5, 5.41) is 13.5. The number of fused-ring (bicyclic) bond motifs is 14. The molecule has 58 heavy (non-hydrogen) atoms. The molecule has 0 saturated carbocycles. The molecule has 0 aliphatic rings. The number of hydrogen-bond acceptors (Lipinski definition) is 6. The summed E-state index contributed by atoms with van der Waals surface area (Å²) in [6.07, 6.45) is 0. The third kappa shape index (κ3) is 5.72. The van der Waals surface area contributed by atoms with Gasteiger partial charge in [0.25, 0.3) is 0 Å². The standard InChI is InChI=1S/C50H38N2O4P2/c1-51(2)57-53-43-25-19-33-9-5-7-11-39(33)47(43)49-41-23-17-35(29-37(41)21-27-45(49)55-57)31-13-15-32(16-14-31)36-18-24-42-38(30-36)22-28-46-50(42)48-40-12-8-6-10-34(40)20-26-44(48)54-58(56-46)52(3)4/h5-30H,1-4H3. The van der Waals surface area contributed by atoms with Crippen LogP contribution in [-0.4, -0.2) is 28.2 Å².